The Labute approximate surface area is 65.6 Å². The molecule has 10 heavy (non-hydrogen) atoms. The summed E-state index contributed by atoms with van der Waals surface area (Å²) in [5.41, 5.74) is 0.922. The number of hydrogen-bond donors (Lipinski definition) is 0. The minimum absolute atomic E-state index is 0.317. The Morgan fingerprint density at radius 2 is 1.90 bits per heavy atom. The average molecular weight is 177 g/mol. The topological polar surface area (TPSA) is 27.7 Å². The first kappa shape index (κ1) is 8.41. The van der Waals surface area contributed by atoms with Crippen LogP contribution in [0.25, 0.3) is 0 Å². The Morgan fingerprint density at radius 3 is 2.30 bits per heavy atom. The van der Waals surface area contributed by atoms with Gasteiger partial charge in [0.05, 0.1) is 0 Å². The molecule has 0 unspecified atom stereocenters. The van der Waals surface area contributed by atoms with Crippen LogP contribution in [0, 0.1) is 0 Å². The summed E-state index contributed by atoms with van der Waals surface area (Å²) in [6.07, 6.45) is 2.74. The molecule has 1 fully saturated rings. The lowest BCUT2D eigenvalue weighted by Crippen LogP contribution is -2.25. The Kier molecular flexibility index (Phi) is 3.57. The lowest BCUT2D eigenvalue weighted by Gasteiger charge is -2.07. The molecule has 1 aliphatic carbocycles. The summed E-state index contributed by atoms with van der Waals surface area (Å²) in [6, 6.07) is 0. The molecule has 0 aromatic carbocycles. The van der Waals surface area contributed by atoms with E-state index in [1.807, 2.05) is 0 Å². The van der Waals surface area contributed by atoms with Crippen molar-refractivity contribution in [2.75, 3.05) is 14.2 Å². The molecule has 0 aromatic heterocycles. The third-order valence-electron chi connectivity index (χ3n) is 1.47. The third kappa shape index (κ3) is 2.93. The summed E-state index contributed by atoms with van der Waals surface area (Å²) >= 11 is 0. The molecule has 1 rings (SSSR count). The predicted octanol–water partition coefficient (Wildman–Crippen LogP) is -0.0532. The third-order valence-corrected chi connectivity index (χ3v) is 5.03. The van der Waals surface area contributed by atoms with E-state index in [4.69, 9.17) is 13.0 Å². The second kappa shape index (κ2) is 4.25. The van der Waals surface area contributed by atoms with Gasteiger partial charge in [-0.1, -0.05) is 12.8 Å². The van der Waals surface area contributed by atoms with E-state index in [-0.39, 0.29) is 9.76 Å². The molecule has 5 heteroatoms. The standard InChI is InChI=1S/C5H13O3Si2/c1-6-10(7-2)8-9-5-3-4-5/h5H,3-4,9H2,1-2H3. The van der Waals surface area contributed by atoms with Gasteiger partial charge >= 0.3 is 9.53 Å². The average Bonchev–Trinajstić information content (AvgIpc) is 2.74. The molecule has 0 bridgehead atoms. The minimum Gasteiger partial charge on any atom is -0.419 e. The molecule has 0 aromatic rings. The van der Waals surface area contributed by atoms with Gasteiger partial charge in [0, 0.05) is 14.2 Å². The highest BCUT2D eigenvalue weighted by atomic mass is 28.4. The molecule has 0 saturated heterocycles. The Morgan fingerprint density at radius 1 is 1.30 bits per heavy atom. The van der Waals surface area contributed by atoms with Crippen molar-refractivity contribution in [3.63, 3.8) is 0 Å². The van der Waals surface area contributed by atoms with E-state index in [2.05, 4.69) is 0 Å². The first-order valence-corrected chi connectivity index (χ1v) is 6.06. The summed E-state index contributed by atoms with van der Waals surface area (Å²) in [6.45, 7) is 0. The molecular formula is C5H13O3Si2. The Balaban J connectivity index is 1.97. The molecule has 0 atom stereocenters. The Hall–Kier alpha value is 0.314. The van der Waals surface area contributed by atoms with Gasteiger partial charge in [-0.3, -0.25) is 0 Å². The van der Waals surface area contributed by atoms with Crippen LogP contribution in [-0.4, -0.2) is 33.5 Å². The van der Waals surface area contributed by atoms with Crippen molar-refractivity contribution in [2.45, 2.75) is 18.4 Å². The predicted molar refractivity (Wildman–Crippen MR) is 42.4 cm³/mol. The molecule has 1 saturated carbocycles. The number of hydrogen-bond acceptors (Lipinski definition) is 3. The van der Waals surface area contributed by atoms with Crippen LogP contribution in [0.4, 0.5) is 0 Å². The molecule has 1 radical (unpaired) electrons. The van der Waals surface area contributed by atoms with Gasteiger partial charge in [-0.05, 0) is 5.54 Å². The molecule has 0 amide bonds. The van der Waals surface area contributed by atoms with Gasteiger partial charge in [-0.15, -0.1) is 0 Å². The smallest absolute Gasteiger partial charge is 0.419 e. The molecule has 3 nitrogen and oxygen atoms in total. The maximum Gasteiger partial charge on any atom is 0.565 e. The van der Waals surface area contributed by atoms with Gasteiger partial charge in [0.1, 0.15) is 0 Å². The molecule has 59 valence electrons. The van der Waals surface area contributed by atoms with E-state index in [9.17, 15) is 0 Å². The van der Waals surface area contributed by atoms with E-state index >= 15 is 0 Å². The molecule has 0 N–H and O–H groups in total. The van der Waals surface area contributed by atoms with Gasteiger partial charge in [0.2, 0.25) is 0 Å². The highest BCUT2D eigenvalue weighted by Gasteiger charge is 2.25. The highest BCUT2D eigenvalue weighted by Crippen LogP contribution is 2.34. The van der Waals surface area contributed by atoms with E-state index in [1.54, 1.807) is 14.2 Å². The summed E-state index contributed by atoms with van der Waals surface area (Å²) in [7, 11) is 1.64. The summed E-state index contributed by atoms with van der Waals surface area (Å²) in [4.78, 5) is 0. The van der Waals surface area contributed by atoms with Gasteiger partial charge in [-0.25, -0.2) is 0 Å². The fourth-order valence-corrected chi connectivity index (χ4v) is 3.84. The quantitative estimate of drug-likeness (QED) is 0.551. The van der Waals surface area contributed by atoms with Crippen LogP contribution in [0.15, 0.2) is 0 Å². The first-order valence-electron chi connectivity index (χ1n) is 3.44. The van der Waals surface area contributed by atoms with E-state index in [1.165, 1.54) is 12.8 Å². The van der Waals surface area contributed by atoms with Crippen LogP contribution in [-0.2, 0) is 13.0 Å². The maximum atomic E-state index is 5.46. The zero-order valence-corrected chi connectivity index (χ0v) is 8.84. The van der Waals surface area contributed by atoms with Crippen molar-refractivity contribution in [1.29, 1.82) is 0 Å². The van der Waals surface area contributed by atoms with Crippen LogP contribution in [0.2, 0.25) is 5.54 Å². The zero-order chi connectivity index (χ0) is 7.40. The number of rotatable bonds is 5. The zero-order valence-electron chi connectivity index (χ0n) is 6.42. The van der Waals surface area contributed by atoms with Crippen molar-refractivity contribution in [2.24, 2.45) is 0 Å². The van der Waals surface area contributed by atoms with Crippen molar-refractivity contribution < 1.29 is 13.0 Å². The van der Waals surface area contributed by atoms with Crippen molar-refractivity contribution in [3.8, 4) is 0 Å². The maximum absolute atomic E-state index is 5.46. The normalized spacial score (nSPS) is 19.5. The fraction of sp³-hybridized carbons (Fsp3) is 1.00. The van der Waals surface area contributed by atoms with Crippen molar-refractivity contribution in [3.05, 3.63) is 0 Å². The largest absolute Gasteiger partial charge is 0.565 e. The van der Waals surface area contributed by atoms with Crippen molar-refractivity contribution in [1.82, 2.24) is 0 Å². The van der Waals surface area contributed by atoms with Crippen LogP contribution in [0.5, 0.6) is 0 Å². The lowest BCUT2D eigenvalue weighted by molar-refractivity contribution is 0.204. The summed E-state index contributed by atoms with van der Waals surface area (Å²) in [5.74, 6) is 0. The summed E-state index contributed by atoms with van der Waals surface area (Å²) in [5, 5.41) is 0. The van der Waals surface area contributed by atoms with Crippen LogP contribution >= 0.6 is 0 Å². The Bertz CT molecular complexity index is 92.9. The van der Waals surface area contributed by atoms with Gasteiger partial charge in [0.15, 0.2) is 9.76 Å². The van der Waals surface area contributed by atoms with Gasteiger partial charge in [0.25, 0.3) is 0 Å². The highest BCUT2D eigenvalue weighted by molar-refractivity contribution is 6.49. The second-order valence-corrected chi connectivity index (χ2v) is 6.37. The van der Waals surface area contributed by atoms with Crippen LogP contribution in [0.1, 0.15) is 12.8 Å². The molecule has 1 aliphatic rings. The summed E-state index contributed by atoms with van der Waals surface area (Å²) < 4.78 is 15.4. The second-order valence-electron chi connectivity index (χ2n) is 2.41. The van der Waals surface area contributed by atoms with Crippen LogP contribution in [0.3, 0.4) is 0 Å². The molecule has 0 aliphatic heterocycles. The van der Waals surface area contributed by atoms with E-state index < -0.39 is 9.53 Å². The van der Waals surface area contributed by atoms with Gasteiger partial charge in [-0.2, -0.15) is 0 Å². The van der Waals surface area contributed by atoms with Crippen LogP contribution < -0.4 is 0 Å². The van der Waals surface area contributed by atoms with Crippen molar-refractivity contribution >= 4 is 19.3 Å². The molecule has 0 heterocycles. The fourth-order valence-electron chi connectivity index (χ4n) is 0.672. The first-order chi connectivity index (χ1) is 4.86. The molecule has 0 spiro atoms. The minimum atomic E-state index is -1.32. The van der Waals surface area contributed by atoms with Gasteiger partial charge < -0.3 is 13.0 Å². The molecular weight excluding hydrogens is 164 g/mol. The SMILES string of the molecule is CO[Si](OC)O[SiH2]C1CC1. The lowest BCUT2D eigenvalue weighted by atomic mass is 11.0. The van der Waals surface area contributed by atoms with E-state index in [0.717, 1.165) is 5.54 Å². The van der Waals surface area contributed by atoms with E-state index in [0.29, 0.717) is 0 Å². The monoisotopic (exact) mass is 177 g/mol.